The molecule has 0 amide bonds. The number of aromatic nitrogens is 2. The number of halogens is 3. The van der Waals surface area contributed by atoms with Crippen molar-refractivity contribution in [1.82, 2.24) is 9.97 Å². The van der Waals surface area contributed by atoms with Gasteiger partial charge in [-0.3, -0.25) is 4.79 Å². The molecule has 2 aromatic heterocycles. The Bertz CT molecular complexity index is 1540. The Morgan fingerprint density at radius 1 is 0.771 bits per heavy atom. The molecule has 0 bridgehead atoms. The maximum Gasteiger partial charge on any atom is 0.416 e. The fraction of sp³-hybridized carbons (Fsp3) is 0.0714. The van der Waals surface area contributed by atoms with Gasteiger partial charge >= 0.3 is 6.18 Å². The number of alkyl halides is 3. The van der Waals surface area contributed by atoms with Crippen molar-refractivity contribution in [3.63, 3.8) is 0 Å². The zero-order valence-corrected chi connectivity index (χ0v) is 18.3. The van der Waals surface area contributed by atoms with Gasteiger partial charge in [-0.05, 0) is 53.6 Å². The van der Waals surface area contributed by atoms with E-state index in [9.17, 15) is 18.0 Å². The molecule has 35 heavy (non-hydrogen) atoms. The van der Waals surface area contributed by atoms with Gasteiger partial charge in [-0.1, -0.05) is 48.5 Å². The number of hydrogen-bond donors (Lipinski definition) is 1. The maximum atomic E-state index is 12.9. The number of H-pyrrole nitrogens is 1. The zero-order valence-electron chi connectivity index (χ0n) is 18.3. The van der Waals surface area contributed by atoms with Crippen LogP contribution in [0, 0.1) is 0 Å². The first-order valence-electron chi connectivity index (χ1n) is 10.9. The summed E-state index contributed by atoms with van der Waals surface area (Å²) in [6.45, 7) is 0.305. The molecule has 5 aromatic rings. The zero-order chi connectivity index (χ0) is 24.4. The van der Waals surface area contributed by atoms with Crippen LogP contribution in [0.15, 0.2) is 102 Å². The number of nitrogens with zero attached hydrogens (tertiary/aromatic N) is 1. The summed E-state index contributed by atoms with van der Waals surface area (Å²) in [7, 11) is 0. The van der Waals surface area contributed by atoms with Crippen LogP contribution in [0.2, 0.25) is 0 Å². The number of benzene rings is 3. The smallest absolute Gasteiger partial charge is 0.416 e. The van der Waals surface area contributed by atoms with Crippen LogP contribution in [0.3, 0.4) is 0 Å². The van der Waals surface area contributed by atoms with Gasteiger partial charge in [0.15, 0.2) is 0 Å². The molecule has 0 saturated heterocycles. The minimum Gasteiger partial charge on any atom is -0.487 e. The summed E-state index contributed by atoms with van der Waals surface area (Å²) in [5.74, 6) is 0.643. The third-order valence-electron chi connectivity index (χ3n) is 5.63. The van der Waals surface area contributed by atoms with E-state index in [1.807, 2.05) is 48.5 Å². The summed E-state index contributed by atoms with van der Waals surface area (Å²) < 4.78 is 44.7. The lowest BCUT2D eigenvalue weighted by Gasteiger charge is -2.12. The highest BCUT2D eigenvalue weighted by atomic mass is 19.4. The molecule has 5 rings (SSSR count). The lowest BCUT2D eigenvalue weighted by Crippen LogP contribution is -2.07. The summed E-state index contributed by atoms with van der Waals surface area (Å²) >= 11 is 0. The van der Waals surface area contributed by atoms with E-state index in [2.05, 4.69) is 9.97 Å². The van der Waals surface area contributed by atoms with Gasteiger partial charge < -0.3 is 9.72 Å². The van der Waals surface area contributed by atoms with Crippen molar-refractivity contribution in [1.29, 1.82) is 0 Å². The summed E-state index contributed by atoms with van der Waals surface area (Å²) in [6.07, 6.45) is -4.43. The van der Waals surface area contributed by atoms with Crippen molar-refractivity contribution in [3.8, 4) is 28.1 Å². The number of hydrogen-bond acceptors (Lipinski definition) is 3. The van der Waals surface area contributed by atoms with Gasteiger partial charge in [-0.25, -0.2) is 4.98 Å². The Hall–Kier alpha value is -4.39. The molecule has 1 N–H and O–H groups in total. The second-order valence-corrected chi connectivity index (χ2v) is 7.99. The molecule has 2 heterocycles. The van der Waals surface area contributed by atoms with E-state index >= 15 is 0 Å². The summed E-state index contributed by atoms with van der Waals surface area (Å²) in [5, 5.41) is 1.06. The highest BCUT2D eigenvalue weighted by molar-refractivity contribution is 5.81. The monoisotopic (exact) mass is 472 g/mol. The second kappa shape index (κ2) is 9.10. The van der Waals surface area contributed by atoms with Gasteiger partial charge in [0.05, 0.1) is 22.5 Å². The van der Waals surface area contributed by atoms with Crippen molar-refractivity contribution < 1.29 is 17.9 Å². The first-order chi connectivity index (χ1) is 16.9. The quantitative estimate of drug-likeness (QED) is 0.304. The van der Waals surface area contributed by atoms with E-state index < -0.39 is 11.7 Å². The summed E-state index contributed by atoms with van der Waals surface area (Å²) in [5.41, 5.74) is 3.01. The van der Waals surface area contributed by atoms with Gasteiger partial charge in [-0.2, -0.15) is 13.2 Å². The Balaban J connectivity index is 1.37. The number of ether oxygens (including phenoxy) is 1. The van der Waals surface area contributed by atoms with E-state index in [-0.39, 0.29) is 5.56 Å². The second-order valence-electron chi connectivity index (χ2n) is 7.99. The van der Waals surface area contributed by atoms with Crippen LogP contribution < -0.4 is 10.3 Å². The van der Waals surface area contributed by atoms with Gasteiger partial charge in [0.1, 0.15) is 12.4 Å². The summed E-state index contributed by atoms with van der Waals surface area (Å²) in [6, 6.07) is 26.8. The maximum absolute atomic E-state index is 12.9. The fourth-order valence-corrected chi connectivity index (χ4v) is 3.85. The Labute approximate surface area is 198 Å². The summed E-state index contributed by atoms with van der Waals surface area (Å²) in [4.78, 5) is 19.3. The van der Waals surface area contributed by atoms with Gasteiger partial charge in [0.2, 0.25) is 5.56 Å². The van der Waals surface area contributed by atoms with Crippen LogP contribution in [0.25, 0.3) is 33.3 Å². The minimum atomic E-state index is -4.43. The standard InChI is InChI=1S/C28H19F3N2O2/c29-28(30,31)21-10-5-20(6-11-21)27-24(15-16-26(34)33-27)18-8-13-23(14-9-18)35-17-22-12-7-19-3-1-2-4-25(19)32-22/h1-16H,17H2,(H,33,34). The third-order valence-corrected chi connectivity index (χ3v) is 5.63. The van der Waals surface area contributed by atoms with Crippen LogP contribution in [-0.2, 0) is 12.8 Å². The van der Waals surface area contributed by atoms with E-state index in [0.29, 0.717) is 29.2 Å². The van der Waals surface area contributed by atoms with E-state index in [0.717, 1.165) is 34.3 Å². The molecule has 0 radical (unpaired) electrons. The molecule has 0 atom stereocenters. The molecular weight excluding hydrogens is 453 g/mol. The van der Waals surface area contributed by atoms with Gasteiger partial charge in [0.25, 0.3) is 0 Å². The Kier molecular flexibility index (Phi) is 5.82. The number of fused-ring (bicyclic) bond motifs is 1. The molecule has 0 spiro atoms. The lowest BCUT2D eigenvalue weighted by atomic mass is 9.98. The first kappa shape index (κ1) is 22.4. The van der Waals surface area contributed by atoms with Crippen molar-refractivity contribution in [2.45, 2.75) is 12.8 Å². The largest absolute Gasteiger partial charge is 0.487 e. The van der Waals surface area contributed by atoms with Crippen LogP contribution >= 0.6 is 0 Å². The molecule has 0 aliphatic rings. The molecule has 174 valence electrons. The number of rotatable bonds is 5. The molecule has 0 fully saturated rings. The lowest BCUT2D eigenvalue weighted by molar-refractivity contribution is -0.137. The van der Waals surface area contributed by atoms with Crippen molar-refractivity contribution in [2.75, 3.05) is 0 Å². The van der Waals surface area contributed by atoms with Crippen LogP contribution in [0.4, 0.5) is 13.2 Å². The van der Waals surface area contributed by atoms with Crippen LogP contribution in [-0.4, -0.2) is 9.97 Å². The van der Waals surface area contributed by atoms with Crippen molar-refractivity contribution in [3.05, 3.63) is 119 Å². The predicted octanol–water partition coefficient (Wildman–Crippen LogP) is 6.85. The average Bonchev–Trinajstić information content (AvgIpc) is 2.87. The molecule has 0 aliphatic heterocycles. The topological polar surface area (TPSA) is 55.0 Å². The Morgan fingerprint density at radius 3 is 2.23 bits per heavy atom. The highest BCUT2D eigenvalue weighted by Gasteiger charge is 2.30. The molecule has 4 nitrogen and oxygen atoms in total. The highest BCUT2D eigenvalue weighted by Crippen LogP contribution is 2.34. The molecule has 7 heteroatoms. The molecule has 0 aliphatic carbocycles. The SMILES string of the molecule is O=c1ccc(-c2ccc(OCc3ccc4ccccc4n3)cc2)c(-c2ccc(C(F)(F)F)cc2)[nH]1. The number of pyridine rings is 2. The van der Waals surface area contributed by atoms with E-state index in [4.69, 9.17) is 4.74 Å². The predicted molar refractivity (Wildman–Crippen MR) is 129 cm³/mol. The Morgan fingerprint density at radius 2 is 1.49 bits per heavy atom. The minimum absolute atomic E-state index is 0.305. The van der Waals surface area contributed by atoms with E-state index in [1.165, 1.54) is 18.2 Å². The molecule has 0 saturated carbocycles. The first-order valence-corrected chi connectivity index (χ1v) is 10.9. The normalized spacial score (nSPS) is 11.5. The van der Waals surface area contributed by atoms with Crippen molar-refractivity contribution >= 4 is 10.9 Å². The van der Waals surface area contributed by atoms with E-state index in [1.54, 1.807) is 18.2 Å². The molecular formula is C28H19F3N2O2. The average molecular weight is 472 g/mol. The number of aromatic amines is 1. The number of para-hydroxylation sites is 1. The molecule has 3 aromatic carbocycles. The van der Waals surface area contributed by atoms with Crippen LogP contribution in [0.5, 0.6) is 5.75 Å². The van der Waals surface area contributed by atoms with Gasteiger partial charge in [0, 0.05) is 17.0 Å². The van der Waals surface area contributed by atoms with Crippen molar-refractivity contribution in [2.24, 2.45) is 0 Å². The van der Waals surface area contributed by atoms with Gasteiger partial charge in [-0.15, -0.1) is 0 Å². The number of nitrogens with one attached hydrogen (secondary N) is 1. The van der Waals surface area contributed by atoms with Crippen LogP contribution in [0.1, 0.15) is 11.3 Å². The molecule has 0 unspecified atom stereocenters. The third kappa shape index (κ3) is 4.94. The fourth-order valence-electron chi connectivity index (χ4n) is 3.85.